The van der Waals surface area contributed by atoms with Crippen molar-refractivity contribution < 1.29 is 4.74 Å². The quantitative estimate of drug-likeness (QED) is 0.812. The van der Waals surface area contributed by atoms with E-state index in [0.717, 1.165) is 22.5 Å². The molecule has 0 radical (unpaired) electrons. The molecule has 0 bridgehead atoms. The van der Waals surface area contributed by atoms with Gasteiger partial charge in [0.2, 0.25) is 0 Å². The van der Waals surface area contributed by atoms with Crippen LogP contribution in [0.4, 0.5) is 0 Å². The average molecular weight is 203 g/mol. The molecule has 2 N–H and O–H groups in total. The van der Waals surface area contributed by atoms with E-state index in [1.165, 1.54) is 0 Å². The van der Waals surface area contributed by atoms with E-state index in [1.807, 2.05) is 18.2 Å². The number of benzene rings is 1. The topological polar surface area (TPSA) is 61.0 Å². The minimum Gasteiger partial charge on any atom is -0.494 e. The van der Waals surface area contributed by atoms with Gasteiger partial charge < -0.3 is 10.5 Å². The zero-order valence-electron chi connectivity index (χ0n) is 8.60. The summed E-state index contributed by atoms with van der Waals surface area (Å²) in [5.74, 6) is 1.53. The van der Waals surface area contributed by atoms with Crippen LogP contribution >= 0.6 is 0 Å². The van der Waals surface area contributed by atoms with E-state index in [1.54, 1.807) is 13.3 Å². The predicted octanol–water partition coefficient (Wildman–Crippen LogP) is 1.14. The van der Waals surface area contributed by atoms with Crippen molar-refractivity contribution >= 4 is 10.9 Å². The third-order valence-electron chi connectivity index (χ3n) is 2.21. The van der Waals surface area contributed by atoms with Crippen molar-refractivity contribution in [3.8, 4) is 5.75 Å². The Bertz CT molecular complexity index is 470. The Morgan fingerprint density at radius 1 is 1.40 bits per heavy atom. The number of nitrogens with zero attached hydrogens (tertiary/aromatic N) is 2. The van der Waals surface area contributed by atoms with E-state index in [2.05, 4.69) is 9.97 Å². The normalized spacial score (nSPS) is 10.5. The molecule has 0 atom stereocenters. The molecule has 4 nitrogen and oxygen atoms in total. The molecule has 0 fully saturated rings. The maximum absolute atomic E-state index is 5.46. The zero-order chi connectivity index (χ0) is 10.7. The van der Waals surface area contributed by atoms with Crippen molar-refractivity contribution in [2.75, 3.05) is 13.7 Å². The van der Waals surface area contributed by atoms with Crippen molar-refractivity contribution in [2.24, 2.45) is 5.73 Å². The van der Waals surface area contributed by atoms with Crippen LogP contribution in [-0.2, 0) is 6.42 Å². The van der Waals surface area contributed by atoms with Gasteiger partial charge in [0.05, 0.1) is 7.11 Å². The molecule has 1 aromatic carbocycles. The summed E-state index contributed by atoms with van der Waals surface area (Å²) in [5, 5.41) is 0.982. The third-order valence-corrected chi connectivity index (χ3v) is 2.21. The zero-order valence-corrected chi connectivity index (χ0v) is 8.60. The molecule has 0 amide bonds. The molecular formula is C11H13N3O. The first-order valence-corrected chi connectivity index (χ1v) is 4.84. The second-order valence-corrected chi connectivity index (χ2v) is 3.22. The molecule has 0 aliphatic carbocycles. The predicted molar refractivity (Wildman–Crippen MR) is 58.8 cm³/mol. The highest BCUT2D eigenvalue weighted by molar-refractivity contribution is 5.83. The number of hydrogen-bond acceptors (Lipinski definition) is 4. The number of nitrogens with two attached hydrogens (primary N) is 1. The summed E-state index contributed by atoms with van der Waals surface area (Å²) in [4.78, 5) is 8.64. The van der Waals surface area contributed by atoms with E-state index in [-0.39, 0.29) is 0 Å². The lowest BCUT2D eigenvalue weighted by Crippen LogP contribution is -2.06. The maximum Gasteiger partial charge on any atom is 0.145 e. The fourth-order valence-electron chi connectivity index (χ4n) is 1.48. The summed E-state index contributed by atoms with van der Waals surface area (Å²) >= 11 is 0. The lowest BCUT2D eigenvalue weighted by atomic mass is 10.2. The number of aromatic nitrogens is 2. The van der Waals surface area contributed by atoms with Crippen molar-refractivity contribution in [2.45, 2.75) is 6.42 Å². The van der Waals surface area contributed by atoms with Crippen molar-refractivity contribution in [1.82, 2.24) is 9.97 Å². The summed E-state index contributed by atoms with van der Waals surface area (Å²) in [5.41, 5.74) is 6.31. The molecule has 0 aliphatic heterocycles. The second kappa shape index (κ2) is 4.23. The van der Waals surface area contributed by atoms with Gasteiger partial charge in [-0.1, -0.05) is 12.1 Å². The SMILES string of the molecule is COc1cccc2cnc(CCN)nc12. The first kappa shape index (κ1) is 9.86. The number of ether oxygens (including phenoxy) is 1. The molecular weight excluding hydrogens is 190 g/mol. The minimum atomic E-state index is 0.556. The van der Waals surface area contributed by atoms with Gasteiger partial charge in [0.25, 0.3) is 0 Å². The lowest BCUT2D eigenvalue weighted by molar-refractivity contribution is 0.418. The standard InChI is InChI=1S/C11H13N3O/c1-15-9-4-2-3-8-7-13-10(5-6-12)14-11(8)9/h2-4,7H,5-6,12H2,1H3. The average Bonchev–Trinajstić information content (AvgIpc) is 2.28. The van der Waals surface area contributed by atoms with Crippen LogP contribution in [0.15, 0.2) is 24.4 Å². The summed E-state index contributed by atoms with van der Waals surface area (Å²) < 4.78 is 5.24. The molecule has 0 spiro atoms. The molecule has 2 aromatic rings. The van der Waals surface area contributed by atoms with Crippen LogP contribution in [0, 0.1) is 0 Å². The van der Waals surface area contributed by atoms with Crippen LogP contribution in [0.3, 0.4) is 0 Å². The minimum absolute atomic E-state index is 0.556. The van der Waals surface area contributed by atoms with Crippen LogP contribution in [0.5, 0.6) is 5.75 Å². The third kappa shape index (κ3) is 1.89. The second-order valence-electron chi connectivity index (χ2n) is 3.22. The molecule has 0 unspecified atom stereocenters. The number of fused-ring (bicyclic) bond motifs is 1. The number of hydrogen-bond donors (Lipinski definition) is 1. The maximum atomic E-state index is 5.46. The molecule has 1 aromatic heterocycles. The van der Waals surface area contributed by atoms with Gasteiger partial charge in [0.15, 0.2) is 0 Å². The van der Waals surface area contributed by atoms with E-state index >= 15 is 0 Å². The van der Waals surface area contributed by atoms with Gasteiger partial charge in [-0.05, 0) is 12.6 Å². The highest BCUT2D eigenvalue weighted by Gasteiger charge is 2.04. The Kier molecular flexibility index (Phi) is 2.78. The molecule has 2 rings (SSSR count). The fraction of sp³-hybridized carbons (Fsp3) is 0.273. The van der Waals surface area contributed by atoms with E-state index in [9.17, 15) is 0 Å². The van der Waals surface area contributed by atoms with Crippen LogP contribution in [0.25, 0.3) is 10.9 Å². The van der Waals surface area contributed by atoms with E-state index in [4.69, 9.17) is 10.5 Å². The first-order chi connectivity index (χ1) is 7.35. The first-order valence-electron chi connectivity index (χ1n) is 4.84. The Labute approximate surface area is 88.1 Å². The van der Waals surface area contributed by atoms with Gasteiger partial charge in [-0.25, -0.2) is 9.97 Å². The number of para-hydroxylation sites is 1. The smallest absolute Gasteiger partial charge is 0.145 e. The largest absolute Gasteiger partial charge is 0.494 e. The van der Waals surface area contributed by atoms with Gasteiger partial charge >= 0.3 is 0 Å². The Balaban J connectivity index is 2.57. The Hall–Kier alpha value is -1.68. The summed E-state index contributed by atoms with van der Waals surface area (Å²) in [6.07, 6.45) is 2.49. The van der Waals surface area contributed by atoms with Gasteiger partial charge in [0, 0.05) is 18.0 Å². The van der Waals surface area contributed by atoms with Gasteiger partial charge in [-0.2, -0.15) is 0 Å². The Morgan fingerprint density at radius 3 is 3.00 bits per heavy atom. The summed E-state index contributed by atoms with van der Waals surface area (Å²) in [6.45, 7) is 0.556. The van der Waals surface area contributed by atoms with Crippen LogP contribution in [-0.4, -0.2) is 23.6 Å². The van der Waals surface area contributed by atoms with Crippen molar-refractivity contribution in [3.63, 3.8) is 0 Å². The van der Waals surface area contributed by atoms with Crippen LogP contribution < -0.4 is 10.5 Å². The Morgan fingerprint density at radius 2 is 2.27 bits per heavy atom. The van der Waals surface area contributed by atoms with Gasteiger partial charge in [0.1, 0.15) is 17.1 Å². The molecule has 78 valence electrons. The monoisotopic (exact) mass is 203 g/mol. The molecule has 0 saturated carbocycles. The number of methoxy groups -OCH3 is 1. The molecule has 0 aliphatic rings. The lowest BCUT2D eigenvalue weighted by Gasteiger charge is -2.05. The van der Waals surface area contributed by atoms with E-state index < -0.39 is 0 Å². The van der Waals surface area contributed by atoms with Crippen LogP contribution in [0.1, 0.15) is 5.82 Å². The fourth-order valence-corrected chi connectivity index (χ4v) is 1.48. The summed E-state index contributed by atoms with van der Waals surface area (Å²) in [7, 11) is 1.64. The highest BCUT2D eigenvalue weighted by Crippen LogP contribution is 2.22. The molecule has 0 saturated heterocycles. The van der Waals surface area contributed by atoms with Crippen LogP contribution in [0.2, 0.25) is 0 Å². The number of rotatable bonds is 3. The molecule has 4 heteroatoms. The van der Waals surface area contributed by atoms with Gasteiger partial charge in [-0.15, -0.1) is 0 Å². The molecule has 1 heterocycles. The van der Waals surface area contributed by atoms with Crippen molar-refractivity contribution in [3.05, 3.63) is 30.2 Å². The van der Waals surface area contributed by atoms with Crippen molar-refractivity contribution in [1.29, 1.82) is 0 Å². The summed E-state index contributed by atoms with van der Waals surface area (Å²) in [6, 6.07) is 5.78. The van der Waals surface area contributed by atoms with Gasteiger partial charge in [-0.3, -0.25) is 0 Å². The highest BCUT2D eigenvalue weighted by atomic mass is 16.5. The van der Waals surface area contributed by atoms with E-state index in [0.29, 0.717) is 13.0 Å². The molecule has 15 heavy (non-hydrogen) atoms.